The van der Waals surface area contributed by atoms with Crippen LogP contribution in [0.3, 0.4) is 0 Å². The van der Waals surface area contributed by atoms with Gasteiger partial charge in [0.15, 0.2) is 5.82 Å². The lowest BCUT2D eigenvalue weighted by Gasteiger charge is -2.31. The molecule has 7 nitrogen and oxygen atoms in total. The zero-order valence-electron chi connectivity index (χ0n) is 18.4. The van der Waals surface area contributed by atoms with E-state index in [9.17, 15) is 10.1 Å². The van der Waals surface area contributed by atoms with E-state index >= 15 is 0 Å². The second-order valence-corrected chi connectivity index (χ2v) is 8.14. The van der Waals surface area contributed by atoms with E-state index in [0.717, 1.165) is 35.2 Å². The van der Waals surface area contributed by atoms with Gasteiger partial charge in [-0.15, -0.1) is 0 Å². The number of nitrogens with zero attached hydrogens (tertiary/aromatic N) is 4. The van der Waals surface area contributed by atoms with Crippen molar-refractivity contribution in [2.75, 3.05) is 25.1 Å². The van der Waals surface area contributed by atoms with E-state index in [0.29, 0.717) is 36.8 Å². The molecule has 0 amide bonds. The monoisotopic (exact) mass is 429 g/mol. The molecule has 7 heteroatoms. The number of hydrogen-bond donors (Lipinski definition) is 1. The Balaban J connectivity index is 1.88. The third-order valence-corrected chi connectivity index (χ3v) is 5.94. The maximum atomic E-state index is 13.4. The molecule has 1 saturated heterocycles. The fourth-order valence-electron chi connectivity index (χ4n) is 4.09. The van der Waals surface area contributed by atoms with Crippen LogP contribution in [0.15, 0.2) is 53.3 Å². The summed E-state index contributed by atoms with van der Waals surface area (Å²) < 4.78 is 6.89. The van der Waals surface area contributed by atoms with E-state index in [2.05, 4.69) is 6.07 Å². The van der Waals surface area contributed by atoms with Crippen molar-refractivity contribution in [3.8, 4) is 28.6 Å². The van der Waals surface area contributed by atoms with Crippen molar-refractivity contribution in [3.05, 3.63) is 70.0 Å². The van der Waals surface area contributed by atoms with Crippen LogP contribution in [0.2, 0.25) is 0 Å². The van der Waals surface area contributed by atoms with Gasteiger partial charge in [0.25, 0.3) is 5.56 Å². The lowest BCUT2D eigenvalue weighted by Crippen LogP contribution is -2.43. The first-order valence-electron chi connectivity index (χ1n) is 10.7. The van der Waals surface area contributed by atoms with E-state index in [1.54, 1.807) is 30.9 Å². The first-order valence-corrected chi connectivity index (χ1v) is 10.7. The van der Waals surface area contributed by atoms with E-state index in [-0.39, 0.29) is 11.6 Å². The molecule has 0 radical (unpaired) electrons. The molecule has 2 N–H and O–H groups in total. The molecular formula is C25H27N5O2. The highest BCUT2D eigenvalue weighted by Crippen LogP contribution is 2.31. The highest BCUT2D eigenvalue weighted by atomic mass is 16.5. The van der Waals surface area contributed by atoms with Crippen molar-refractivity contribution in [1.82, 2.24) is 9.55 Å². The molecule has 3 aromatic rings. The Hall–Kier alpha value is -3.47. The Morgan fingerprint density at radius 1 is 1.09 bits per heavy atom. The molecular weight excluding hydrogens is 402 g/mol. The maximum Gasteiger partial charge on any atom is 0.293 e. The first kappa shape index (κ1) is 21.8. The molecule has 0 spiro atoms. The molecule has 2 aromatic carbocycles. The summed E-state index contributed by atoms with van der Waals surface area (Å²) in [5.41, 5.74) is 10.7. The second-order valence-electron chi connectivity index (χ2n) is 8.14. The first-order chi connectivity index (χ1) is 15.5. The van der Waals surface area contributed by atoms with Crippen LogP contribution >= 0.6 is 0 Å². The highest BCUT2D eigenvalue weighted by molar-refractivity contribution is 5.79. The van der Waals surface area contributed by atoms with Gasteiger partial charge in [-0.05, 0) is 30.5 Å². The van der Waals surface area contributed by atoms with Crippen LogP contribution in [0, 0.1) is 11.3 Å². The number of hydrogen-bond acceptors (Lipinski definition) is 6. The maximum absolute atomic E-state index is 13.4. The van der Waals surface area contributed by atoms with Gasteiger partial charge in [0.1, 0.15) is 0 Å². The Labute approximate surface area is 187 Å². The molecule has 1 aromatic heterocycles. The number of piperidine rings is 1. The van der Waals surface area contributed by atoms with Crippen LogP contribution in [0.25, 0.3) is 22.5 Å². The summed E-state index contributed by atoms with van der Waals surface area (Å²) in [6.45, 7) is 1.94. The van der Waals surface area contributed by atoms with Gasteiger partial charge in [0.2, 0.25) is 0 Å². The smallest absolute Gasteiger partial charge is 0.293 e. The summed E-state index contributed by atoms with van der Waals surface area (Å²) in [6, 6.07) is 17.6. The normalized spacial score (nSPS) is 14.4. The van der Waals surface area contributed by atoms with Crippen molar-refractivity contribution >= 4 is 5.82 Å². The summed E-state index contributed by atoms with van der Waals surface area (Å²) in [7, 11) is 3.45. The van der Waals surface area contributed by atoms with E-state index in [1.165, 1.54) is 0 Å². The van der Waals surface area contributed by atoms with Crippen molar-refractivity contribution in [3.63, 3.8) is 0 Å². The molecule has 164 valence electrons. The minimum atomic E-state index is -0.131. The number of nitrogens with two attached hydrogens (primary N) is 1. The largest absolute Gasteiger partial charge is 0.380 e. The topological polar surface area (TPSA) is 97.2 Å². The van der Waals surface area contributed by atoms with Gasteiger partial charge in [-0.1, -0.05) is 36.4 Å². The minimum absolute atomic E-state index is 0.131. The van der Waals surface area contributed by atoms with Gasteiger partial charge in [0, 0.05) is 44.4 Å². The van der Waals surface area contributed by atoms with Gasteiger partial charge >= 0.3 is 0 Å². The Kier molecular flexibility index (Phi) is 6.35. The fourth-order valence-corrected chi connectivity index (χ4v) is 4.09. The third-order valence-electron chi connectivity index (χ3n) is 5.94. The predicted octanol–water partition coefficient (Wildman–Crippen LogP) is 3.06. The summed E-state index contributed by atoms with van der Waals surface area (Å²) in [4.78, 5) is 20.3. The predicted molar refractivity (Wildman–Crippen MR) is 125 cm³/mol. The molecule has 32 heavy (non-hydrogen) atoms. The zero-order valence-corrected chi connectivity index (χ0v) is 18.4. The molecule has 2 heterocycles. The standard InChI is InChI=1S/C25H27N5O2/c1-29-23(20-9-5-18(6-10-20)16-32-2)22(19-7-3-17(15-26)4-8-19)28-24(25(29)31)30-13-11-21(27)12-14-30/h3-10,21H,11-14,16,27H2,1-2H3. The summed E-state index contributed by atoms with van der Waals surface area (Å²) >= 11 is 0. The molecule has 0 unspecified atom stereocenters. The molecule has 0 atom stereocenters. The summed E-state index contributed by atoms with van der Waals surface area (Å²) in [6.07, 6.45) is 1.67. The number of benzene rings is 2. The van der Waals surface area contributed by atoms with E-state index in [1.807, 2.05) is 41.3 Å². The van der Waals surface area contributed by atoms with Crippen molar-refractivity contribution in [2.24, 2.45) is 12.8 Å². The average molecular weight is 430 g/mol. The van der Waals surface area contributed by atoms with Crippen LogP contribution < -0.4 is 16.2 Å². The lowest BCUT2D eigenvalue weighted by atomic mass is 10.0. The van der Waals surface area contributed by atoms with E-state index < -0.39 is 0 Å². The number of aromatic nitrogens is 2. The number of nitriles is 1. The summed E-state index contributed by atoms with van der Waals surface area (Å²) in [5, 5.41) is 9.18. The van der Waals surface area contributed by atoms with Crippen LogP contribution in [-0.2, 0) is 18.4 Å². The van der Waals surface area contributed by atoms with Crippen LogP contribution in [0.4, 0.5) is 5.82 Å². The fraction of sp³-hybridized carbons (Fsp3) is 0.320. The van der Waals surface area contributed by atoms with E-state index in [4.69, 9.17) is 15.5 Å². The van der Waals surface area contributed by atoms with Crippen LogP contribution in [0.5, 0.6) is 0 Å². The van der Waals surface area contributed by atoms with Crippen LogP contribution in [-0.4, -0.2) is 35.8 Å². The Bertz CT molecular complexity index is 1190. The van der Waals surface area contributed by atoms with Gasteiger partial charge in [0.05, 0.1) is 29.6 Å². The van der Waals surface area contributed by atoms with Crippen molar-refractivity contribution < 1.29 is 4.74 Å². The van der Waals surface area contributed by atoms with Gasteiger partial charge in [-0.2, -0.15) is 5.26 Å². The zero-order chi connectivity index (χ0) is 22.7. The molecule has 0 bridgehead atoms. The van der Waals surface area contributed by atoms with Gasteiger partial charge in [-0.25, -0.2) is 4.98 Å². The number of rotatable bonds is 5. The Morgan fingerprint density at radius 2 is 1.72 bits per heavy atom. The average Bonchev–Trinajstić information content (AvgIpc) is 2.82. The Morgan fingerprint density at radius 3 is 2.31 bits per heavy atom. The number of ether oxygens (including phenoxy) is 1. The minimum Gasteiger partial charge on any atom is -0.380 e. The molecule has 1 fully saturated rings. The lowest BCUT2D eigenvalue weighted by molar-refractivity contribution is 0.185. The second kappa shape index (κ2) is 9.35. The molecule has 1 aliphatic heterocycles. The third kappa shape index (κ3) is 4.28. The quantitative estimate of drug-likeness (QED) is 0.670. The highest BCUT2D eigenvalue weighted by Gasteiger charge is 2.24. The molecule has 1 aliphatic rings. The van der Waals surface area contributed by atoms with Gasteiger partial charge < -0.3 is 19.9 Å². The summed E-state index contributed by atoms with van der Waals surface area (Å²) in [5.74, 6) is 0.443. The molecule has 0 saturated carbocycles. The SMILES string of the molecule is COCc1ccc(-c2c(-c3ccc(C#N)cc3)nc(N3CCC(N)CC3)c(=O)n2C)cc1. The van der Waals surface area contributed by atoms with Crippen molar-refractivity contribution in [2.45, 2.75) is 25.5 Å². The molecule has 0 aliphatic carbocycles. The molecule has 4 rings (SSSR count). The number of anilines is 1. The number of methoxy groups -OCH3 is 1. The van der Waals surface area contributed by atoms with Crippen molar-refractivity contribution in [1.29, 1.82) is 5.26 Å². The van der Waals surface area contributed by atoms with Crippen LogP contribution in [0.1, 0.15) is 24.0 Å². The van der Waals surface area contributed by atoms with Gasteiger partial charge in [-0.3, -0.25) is 4.79 Å².